The molecular formula is C38H34Cl4N6O5S2. The van der Waals surface area contributed by atoms with Gasteiger partial charge in [-0.25, -0.2) is 4.79 Å². The normalized spacial score (nSPS) is 15.4. The smallest absolute Gasteiger partial charge is 0.363 e. The van der Waals surface area contributed by atoms with Crippen molar-refractivity contribution >= 4 is 119 Å². The third kappa shape index (κ3) is 7.30. The fourth-order valence-corrected chi connectivity index (χ4v) is 9.12. The minimum Gasteiger partial charge on any atom is -0.403 e. The molecule has 17 heteroatoms. The van der Waals surface area contributed by atoms with Crippen LogP contribution in [0.5, 0.6) is 0 Å². The Morgan fingerprint density at radius 1 is 0.873 bits per heavy atom. The number of nitrogens with zero attached hydrogens (tertiary/aromatic N) is 6. The van der Waals surface area contributed by atoms with Gasteiger partial charge in [-0.3, -0.25) is 4.55 Å². The Balaban J connectivity index is 1.45. The summed E-state index contributed by atoms with van der Waals surface area (Å²) in [6.07, 6.45) is 9.23. The van der Waals surface area contributed by atoms with E-state index in [1.54, 1.807) is 29.2 Å². The number of para-hydroxylation sites is 1. The maximum Gasteiger partial charge on any atom is 0.363 e. The molecule has 0 spiro atoms. The Bertz CT molecular complexity index is 2910. The summed E-state index contributed by atoms with van der Waals surface area (Å²) in [4.78, 5) is 17.5. The summed E-state index contributed by atoms with van der Waals surface area (Å²) in [5.41, 5.74) is 4.41. The average Bonchev–Trinajstić information content (AvgIpc) is 3.80. The molecule has 7 rings (SSSR count). The molecule has 0 bridgehead atoms. The number of fused-ring (bicyclic) bond motifs is 3. The summed E-state index contributed by atoms with van der Waals surface area (Å²) in [5, 5.41) is 7.41. The van der Waals surface area contributed by atoms with Gasteiger partial charge in [0.1, 0.15) is 5.82 Å². The van der Waals surface area contributed by atoms with E-state index in [9.17, 15) is 17.8 Å². The van der Waals surface area contributed by atoms with Crippen molar-refractivity contribution in [3.63, 3.8) is 0 Å². The van der Waals surface area contributed by atoms with E-state index in [1.165, 1.54) is 33.1 Å². The molecule has 0 atom stereocenters. The highest BCUT2D eigenvalue weighted by Crippen LogP contribution is 2.45. The van der Waals surface area contributed by atoms with Crippen molar-refractivity contribution in [3.05, 3.63) is 124 Å². The Morgan fingerprint density at radius 2 is 1.55 bits per heavy atom. The molecule has 1 aliphatic rings. The lowest BCUT2D eigenvalue weighted by Crippen LogP contribution is -2.33. The zero-order valence-corrected chi connectivity index (χ0v) is 34.6. The number of hydrogen-bond donors (Lipinski definition) is 1. The van der Waals surface area contributed by atoms with Gasteiger partial charge in [-0.1, -0.05) is 82.9 Å². The lowest BCUT2D eigenvalue weighted by molar-refractivity contribution is 0.468. The minimum absolute atomic E-state index is 0.0562. The fraction of sp³-hybridized carbons (Fsp3) is 0.211. The first-order chi connectivity index (χ1) is 26.2. The van der Waals surface area contributed by atoms with Gasteiger partial charge in [0, 0.05) is 37.3 Å². The SMILES string of the molecule is CCc1c(/C=C/C=c2\oc(=O)/c(=C/C=C3\N(CC)c4cc(Cl)c(Cl)cc4N3CS(=O)(=O)O)n2/N=c2\sc3ccccc3n2C)n(CC)c2cc(Cl)c(Cl)cc12. The number of thiazole rings is 1. The van der Waals surface area contributed by atoms with Crippen LogP contribution < -0.4 is 31.1 Å². The monoisotopic (exact) mass is 858 g/mol. The number of anilines is 2. The van der Waals surface area contributed by atoms with Gasteiger partial charge >= 0.3 is 5.63 Å². The Kier molecular flexibility index (Phi) is 10.9. The predicted molar refractivity (Wildman–Crippen MR) is 225 cm³/mol. The lowest BCUT2D eigenvalue weighted by Gasteiger charge is -2.23. The minimum atomic E-state index is -4.51. The molecule has 3 aromatic heterocycles. The van der Waals surface area contributed by atoms with E-state index in [-0.39, 0.29) is 20.9 Å². The number of aromatic nitrogens is 3. The number of hydrogen-bond acceptors (Lipinski definition) is 8. The maximum absolute atomic E-state index is 13.7. The molecule has 0 fully saturated rings. The highest BCUT2D eigenvalue weighted by Gasteiger charge is 2.33. The van der Waals surface area contributed by atoms with Gasteiger partial charge in [-0.05, 0) is 80.5 Å². The first-order valence-electron chi connectivity index (χ1n) is 17.2. The van der Waals surface area contributed by atoms with Gasteiger partial charge < -0.3 is 23.4 Å². The third-order valence-electron chi connectivity index (χ3n) is 9.31. The van der Waals surface area contributed by atoms with Crippen LogP contribution in [0.15, 0.2) is 80.8 Å². The van der Waals surface area contributed by atoms with E-state index in [1.807, 2.05) is 61.0 Å². The van der Waals surface area contributed by atoms with Crippen LogP contribution in [0.4, 0.5) is 11.4 Å². The van der Waals surface area contributed by atoms with E-state index in [4.69, 9.17) is 55.9 Å². The van der Waals surface area contributed by atoms with E-state index in [2.05, 4.69) is 18.4 Å². The molecule has 0 radical (unpaired) electrons. The Hall–Kier alpha value is -4.21. The Labute approximate surface area is 339 Å². The van der Waals surface area contributed by atoms with Crippen molar-refractivity contribution in [1.29, 1.82) is 0 Å². The molecule has 55 heavy (non-hydrogen) atoms. The molecule has 1 N–H and O–H groups in total. The van der Waals surface area contributed by atoms with Crippen LogP contribution in [0.3, 0.4) is 0 Å². The zero-order chi connectivity index (χ0) is 39.3. The van der Waals surface area contributed by atoms with Crippen molar-refractivity contribution in [2.45, 2.75) is 33.7 Å². The van der Waals surface area contributed by atoms with Crippen molar-refractivity contribution in [2.24, 2.45) is 12.1 Å². The first kappa shape index (κ1) is 39.0. The second-order valence-electron chi connectivity index (χ2n) is 12.5. The van der Waals surface area contributed by atoms with Gasteiger partial charge in [0.15, 0.2) is 11.2 Å². The van der Waals surface area contributed by atoms with Crippen LogP contribution >= 0.6 is 57.7 Å². The van der Waals surface area contributed by atoms with Crippen molar-refractivity contribution in [2.75, 3.05) is 22.2 Å². The summed E-state index contributed by atoms with van der Waals surface area (Å²) >= 11 is 27.0. The largest absolute Gasteiger partial charge is 0.403 e. The van der Waals surface area contributed by atoms with Gasteiger partial charge in [0.25, 0.3) is 10.1 Å². The van der Waals surface area contributed by atoms with Gasteiger partial charge in [-0.15, -0.1) is 5.10 Å². The molecule has 11 nitrogen and oxygen atoms in total. The molecular weight excluding hydrogens is 826 g/mol. The fourth-order valence-electron chi connectivity index (χ4n) is 6.88. The van der Waals surface area contributed by atoms with Crippen LogP contribution in [0.1, 0.15) is 32.0 Å². The number of oxazole rings is 1. The molecule has 1 aliphatic heterocycles. The summed E-state index contributed by atoms with van der Waals surface area (Å²) in [5.74, 6) is -0.430. The van der Waals surface area contributed by atoms with Crippen molar-refractivity contribution in [1.82, 2.24) is 13.8 Å². The molecule has 0 aliphatic carbocycles. The lowest BCUT2D eigenvalue weighted by atomic mass is 10.1. The number of halogens is 4. The highest BCUT2D eigenvalue weighted by atomic mass is 35.5. The summed E-state index contributed by atoms with van der Waals surface area (Å²) < 4.78 is 46.7. The van der Waals surface area contributed by atoms with Crippen LogP contribution in [0, 0.1) is 0 Å². The molecule has 0 unspecified atom stereocenters. The van der Waals surface area contributed by atoms with Gasteiger partial charge in [-0.2, -0.15) is 13.1 Å². The average molecular weight is 861 g/mol. The van der Waals surface area contributed by atoms with Crippen molar-refractivity contribution in [3.8, 4) is 0 Å². The topological polar surface area (TPSA) is 118 Å². The van der Waals surface area contributed by atoms with E-state index >= 15 is 0 Å². The maximum atomic E-state index is 13.7. The van der Waals surface area contributed by atoms with Crippen LogP contribution in [0.2, 0.25) is 20.1 Å². The number of benzene rings is 3. The third-order valence-corrected chi connectivity index (χ3v) is 12.4. The number of rotatable bonds is 9. The number of allylic oxidation sites excluding steroid dienone is 2. The van der Waals surface area contributed by atoms with E-state index in [0.717, 1.165) is 38.8 Å². The zero-order valence-electron chi connectivity index (χ0n) is 29.9. The second-order valence-corrected chi connectivity index (χ2v) is 16.6. The molecule has 0 saturated heterocycles. The molecule has 286 valence electrons. The van der Waals surface area contributed by atoms with Crippen LogP contribution in [-0.4, -0.2) is 39.2 Å². The number of aryl methyl sites for hydroxylation is 3. The molecule has 0 saturated carbocycles. The molecule has 6 aromatic rings. The standard InChI is InChI=1S/C38H34Cl4N6O5S2/c1-5-22-23-17-24(39)25(40)18-31(23)45(6-2)28(22)12-10-14-36-48(43-38-44(4)29-11-8-9-13-34(29)54-38)30(37(49)53-36)15-16-35-46(7-3)32-19-26(41)27(42)20-33(32)47(35)21-55(50,51)52/h8-20H,5-7,21H2,1-4H3,(H,50,51,52)/b12-10+,30-15-,35-16+,36-14-,43-38-. The summed E-state index contributed by atoms with van der Waals surface area (Å²) in [7, 11) is -2.63. The van der Waals surface area contributed by atoms with Gasteiger partial charge in [0.05, 0.1) is 47.2 Å². The summed E-state index contributed by atoms with van der Waals surface area (Å²) in [6, 6.07) is 14.8. The van der Waals surface area contributed by atoms with E-state index < -0.39 is 21.6 Å². The van der Waals surface area contributed by atoms with Gasteiger partial charge in [0.2, 0.25) is 10.3 Å². The van der Waals surface area contributed by atoms with Crippen LogP contribution in [-0.2, 0) is 30.1 Å². The second kappa shape index (κ2) is 15.4. The van der Waals surface area contributed by atoms with Crippen LogP contribution in [0.25, 0.3) is 39.3 Å². The quantitative estimate of drug-likeness (QED) is 0.148. The van der Waals surface area contributed by atoms with E-state index in [0.29, 0.717) is 45.1 Å². The van der Waals surface area contributed by atoms with Crippen molar-refractivity contribution < 1.29 is 17.4 Å². The molecule has 4 heterocycles. The Morgan fingerprint density at radius 3 is 2.20 bits per heavy atom. The first-order valence-corrected chi connectivity index (χ1v) is 21.1. The molecule has 3 aromatic carbocycles. The highest BCUT2D eigenvalue weighted by molar-refractivity contribution is 7.85. The molecule has 0 amide bonds. The summed E-state index contributed by atoms with van der Waals surface area (Å²) in [6.45, 7) is 7.06. The predicted octanol–water partition coefficient (Wildman–Crippen LogP) is 7.82.